The Labute approximate surface area is 91.9 Å². The highest BCUT2D eigenvalue weighted by atomic mass is 32.2. The van der Waals surface area contributed by atoms with Crippen LogP contribution in [0.15, 0.2) is 0 Å². The van der Waals surface area contributed by atoms with Gasteiger partial charge in [0.2, 0.25) is 0 Å². The van der Waals surface area contributed by atoms with Crippen LogP contribution < -0.4 is 5.32 Å². The molecule has 0 saturated carbocycles. The average Bonchev–Trinajstić information content (AvgIpc) is 2.26. The van der Waals surface area contributed by atoms with E-state index in [1.165, 1.54) is 24.3 Å². The van der Waals surface area contributed by atoms with Crippen molar-refractivity contribution < 1.29 is 5.11 Å². The smallest absolute Gasteiger partial charge is 0.0690 e. The van der Waals surface area contributed by atoms with Crippen LogP contribution in [0.4, 0.5) is 0 Å². The van der Waals surface area contributed by atoms with Crippen molar-refractivity contribution in [3.63, 3.8) is 0 Å². The second-order valence-electron chi connectivity index (χ2n) is 4.25. The van der Waals surface area contributed by atoms with Crippen LogP contribution >= 0.6 is 11.8 Å². The van der Waals surface area contributed by atoms with Gasteiger partial charge in [-0.05, 0) is 30.3 Å². The van der Waals surface area contributed by atoms with Crippen molar-refractivity contribution in [1.82, 2.24) is 5.32 Å². The maximum atomic E-state index is 9.78. The SMILES string of the molecule is CCC(C)C(O)CNC1CCSCC1. The zero-order valence-electron chi connectivity index (χ0n) is 9.33. The molecule has 84 valence electrons. The quantitative estimate of drug-likeness (QED) is 0.737. The molecule has 1 saturated heterocycles. The van der Waals surface area contributed by atoms with Crippen LogP contribution in [-0.2, 0) is 0 Å². The van der Waals surface area contributed by atoms with Gasteiger partial charge in [-0.15, -0.1) is 0 Å². The summed E-state index contributed by atoms with van der Waals surface area (Å²) in [4.78, 5) is 0. The summed E-state index contributed by atoms with van der Waals surface area (Å²) in [6.45, 7) is 5.01. The Morgan fingerprint density at radius 1 is 1.43 bits per heavy atom. The highest BCUT2D eigenvalue weighted by Crippen LogP contribution is 2.17. The first-order valence-electron chi connectivity index (χ1n) is 5.73. The minimum absolute atomic E-state index is 0.172. The van der Waals surface area contributed by atoms with E-state index in [9.17, 15) is 5.11 Å². The lowest BCUT2D eigenvalue weighted by Gasteiger charge is -2.25. The fourth-order valence-electron chi connectivity index (χ4n) is 1.66. The topological polar surface area (TPSA) is 32.3 Å². The number of thioether (sulfide) groups is 1. The molecule has 0 radical (unpaired) electrons. The zero-order chi connectivity index (χ0) is 10.4. The number of aliphatic hydroxyl groups excluding tert-OH is 1. The van der Waals surface area contributed by atoms with Gasteiger partial charge in [-0.3, -0.25) is 0 Å². The number of hydrogen-bond acceptors (Lipinski definition) is 3. The Bertz CT molecular complexity index is 146. The Hall–Kier alpha value is 0.270. The Morgan fingerprint density at radius 3 is 2.64 bits per heavy atom. The van der Waals surface area contributed by atoms with E-state index in [1.54, 1.807) is 0 Å². The molecule has 1 aliphatic heterocycles. The van der Waals surface area contributed by atoms with Crippen LogP contribution in [0.25, 0.3) is 0 Å². The maximum absolute atomic E-state index is 9.78. The van der Waals surface area contributed by atoms with Crippen LogP contribution in [-0.4, -0.2) is 35.3 Å². The molecule has 2 unspecified atom stereocenters. The first-order valence-corrected chi connectivity index (χ1v) is 6.88. The van der Waals surface area contributed by atoms with Crippen molar-refractivity contribution >= 4 is 11.8 Å². The van der Waals surface area contributed by atoms with Gasteiger partial charge in [0.25, 0.3) is 0 Å². The van der Waals surface area contributed by atoms with Crippen LogP contribution in [0, 0.1) is 5.92 Å². The highest BCUT2D eigenvalue weighted by molar-refractivity contribution is 7.99. The minimum Gasteiger partial charge on any atom is -0.392 e. The third-order valence-corrected chi connectivity index (χ3v) is 4.19. The third-order valence-electron chi connectivity index (χ3n) is 3.14. The molecule has 0 amide bonds. The van der Waals surface area contributed by atoms with Crippen LogP contribution in [0.1, 0.15) is 33.1 Å². The van der Waals surface area contributed by atoms with Gasteiger partial charge in [-0.1, -0.05) is 20.3 Å². The van der Waals surface area contributed by atoms with Gasteiger partial charge in [-0.2, -0.15) is 11.8 Å². The molecular weight excluding hydrogens is 194 g/mol. The molecule has 0 spiro atoms. The fourth-order valence-corrected chi connectivity index (χ4v) is 2.77. The van der Waals surface area contributed by atoms with Crippen LogP contribution in [0.5, 0.6) is 0 Å². The van der Waals surface area contributed by atoms with Crippen molar-refractivity contribution in [3.05, 3.63) is 0 Å². The highest BCUT2D eigenvalue weighted by Gasteiger charge is 2.16. The number of hydrogen-bond donors (Lipinski definition) is 2. The molecule has 1 rings (SSSR count). The largest absolute Gasteiger partial charge is 0.392 e. The first kappa shape index (κ1) is 12.3. The predicted molar refractivity (Wildman–Crippen MR) is 63.8 cm³/mol. The Balaban J connectivity index is 2.12. The van der Waals surface area contributed by atoms with Gasteiger partial charge in [0.1, 0.15) is 0 Å². The molecule has 1 fully saturated rings. The molecule has 3 heteroatoms. The molecule has 2 N–H and O–H groups in total. The van der Waals surface area contributed by atoms with E-state index >= 15 is 0 Å². The van der Waals surface area contributed by atoms with E-state index in [0.29, 0.717) is 12.0 Å². The van der Waals surface area contributed by atoms with Gasteiger partial charge in [-0.25, -0.2) is 0 Å². The molecule has 14 heavy (non-hydrogen) atoms. The van der Waals surface area contributed by atoms with Crippen molar-refractivity contribution in [2.75, 3.05) is 18.1 Å². The molecule has 1 heterocycles. The lowest BCUT2D eigenvalue weighted by Crippen LogP contribution is -2.39. The van der Waals surface area contributed by atoms with E-state index in [0.717, 1.165) is 13.0 Å². The number of aliphatic hydroxyl groups is 1. The Kier molecular flexibility index (Phi) is 5.90. The first-order chi connectivity index (χ1) is 6.74. The minimum atomic E-state index is -0.172. The summed E-state index contributed by atoms with van der Waals surface area (Å²) in [5.74, 6) is 2.97. The van der Waals surface area contributed by atoms with Gasteiger partial charge in [0, 0.05) is 12.6 Å². The van der Waals surface area contributed by atoms with Crippen LogP contribution in [0.3, 0.4) is 0 Å². The molecule has 0 aromatic heterocycles. The second-order valence-corrected chi connectivity index (χ2v) is 5.47. The van der Waals surface area contributed by atoms with Gasteiger partial charge in [0.05, 0.1) is 6.10 Å². The molecule has 2 atom stereocenters. The molecule has 1 aliphatic rings. The fraction of sp³-hybridized carbons (Fsp3) is 1.00. The summed E-state index contributed by atoms with van der Waals surface area (Å²) in [5, 5.41) is 13.3. The van der Waals surface area contributed by atoms with Crippen LogP contribution in [0.2, 0.25) is 0 Å². The third kappa shape index (κ3) is 4.20. The van der Waals surface area contributed by atoms with Gasteiger partial charge >= 0.3 is 0 Å². The summed E-state index contributed by atoms with van der Waals surface area (Å²) >= 11 is 2.04. The summed E-state index contributed by atoms with van der Waals surface area (Å²) in [5.41, 5.74) is 0. The van der Waals surface area contributed by atoms with Crippen molar-refractivity contribution in [1.29, 1.82) is 0 Å². The molecule has 0 aromatic rings. The summed E-state index contributed by atoms with van der Waals surface area (Å²) in [7, 11) is 0. The summed E-state index contributed by atoms with van der Waals surface area (Å²) in [6.07, 6.45) is 3.41. The van der Waals surface area contributed by atoms with Crippen molar-refractivity contribution in [2.24, 2.45) is 5.92 Å². The molecular formula is C11H23NOS. The number of nitrogens with one attached hydrogen (secondary N) is 1. The summed E-state index contributed by atoms with van der Waals surface area (Å²) < 4.78 is 0. The van der Waals surface area contributed by atoms with E-state index in [-0.39, 0.29) is 6.10 Å². The van der Waals surface area contributed by atoms with E-state index in [1.807, 2.05) is 11.8 Å². The van der Waals surface area contributed by atoms with Gasteiger partial charge in [0.15, 0.2) is 0 Å². The second kappa shape index (κ2) is 6.70. The Morgan fingerprint density at radius 2 is 2.07 bits per heavy atom. The maximum Gasteiger partial charge on any atom is 0.0690 e. The lowest BCUT2D eigenvalue weighted by atomic mass is 10.0. The number of rotatable bonds is 5. The van der Waals surface area contributed by atoms with Crippen molar-refractivity contribution in [3.8, 4) is 0 Å². The van der Waals surface area contributed by atoms with Crippen molar-refractivity contribution in [2.45, 2.75) is 45.3 Å². The van der Waals surface area contributed by atoms with E-state index in [2.05, 4.69) is 19.2 Å². The zero-order valence-corrected chi connectivity index (χ0v) is 10.1. The van der Waals surface area contributed by atoms with E-state index < -0.39 is 0 Å². The summed E-state index contributed by atoms with van der Waals surface area (Å²) in [6, 6.07) is 0.648. The molecule has 0 aromatic carbocycles. The normalized spacial score (nSPS) is 23.4. The van der Waals surface area contributed by atoms with Gasteiger partial charge < -0.3 is 10.4 Å². The molecule has 2 nitrogen and oxygen atoms in total. The predicted octanol–water partition coefficient (Wildman–Crippen LogP) is 1.88. The molecule has 0 bridgehead atoms. The van der Waals surface area contributed by atoms with E-state index in [4.69, 9.17) is 0 Å². The molecule has 0 aliphatic carbocycles. The monoisotopic (exact) mass is 217 g/mol. The average molecular weight is 217 g/mol. The lowest BCUT2D eigenvalue weighted by molar-refractivity contribution is 0.109. The standard InChI is InChI=1S/C11H23NOS/c1-3-9(2)11(13)8-12-10-4-6-14-7-5-10/h9-13H,3-8H2,1-2H3.